The Morgan fingerprint density at radius 1 is 0.960 bits per heavy atom. The molecule has 1 aliphatic carbocycles. The highest BCUT2D eigenvalue weighted by atomic mass is 19.4. The molecule has 0 spiro atoms. The van der Waals surface area contributed by atoms with E-state index >= 15 is 0 Å². The van der Waals surface area contributed by atoms with Crippen molar-refractivity contribution < 1.29 is 23.0 Å². The van der Waals surface area contributed by atoms with Crippen LogP contribution in [-0.4, -0.2) is 17.9 Å². The van der Waals surface area contributed by atoms with Gasteiger partial charge in [-0.2, -0.15) is 13.2 Å². The van der Waals surface area contributed by atoms with E-state index in [2.05, 4.69) is 6.92 Å². The van der Waals surface area contributed by atoms with Crippen molar-refractivity contribution in [3.05, 3.63) is 53.6 Å². The van der Waals surface area contributed by atoms with Gasteiger partial charge in [0.05, 0.1) is 6.61 Å². The molecule has 0 bridgehead atoms. The molecule has 5 heteroatoms. The summed E-state index contributed by atoms with van der Waals surface area (Å²) in [7, 11) is 0. The molecule has 1 unspecified atom stereocenters. The molecule has 2 aromatic carbocycles. The summed E-state index contributed by atoms with van der Waals surface area (Å²) in [5.41, 5.74) is -2.48. The first kappa shape index (κ1) is 17.8. The molecule has 1 atom stereocenters. The molecule has 0 fully saturated rings. The first-order chi connectivity index (χ1) is 11.9. The fourth-order valence-electron chi connectivity index (χ4n) is 3.35. The van der Waals surface area contributed by atoms with Gasteiger partial charge < -0.3 is 9.84 Å². The van der Waals surface area contributed by atoms with Crippen molar-refractivity contribution in [2.75, 3.05) is 6.61 Å². The van der Waals surface area contributed by atoms with Crippen LogP contribution < -0.4 is 4.74 Å². The van der Waals surface area contributed by atoms with Gasteiger partial charge in [-0.15, -0.1) is 0 Å². The Balaban J connectivity index is 1.93. The predicted molar refractivity (Wildman–Crippen MR) is 90.6 cm³/mol. The molecule has 3 rings (SSSR count). The molecule has 134 valence electrons. The fourth-order valence-corrected chi connectivity index (χ4v) is 3.35. The number of hydrogen-bond acceptors (Lipinski definition) is 2. The van der Waals surface area contributed by atoms with Gasteiger partial charge in [0.25, 0.3) is 0 Å². The van der Waals surface area contributed by atoms with E-state index in [-0.39, 0.29) is 11.1 Å². The minimum Gasteiger partial charge on any atom is -0.494 e. The maximum absolute atomic E-state index is 13.7. The lowest BCUT2D eigenvalue weighted by atomic mass is 9.91. The Kier molecular flexibility index (Phi) is 4.78. The smallest absolute Gasteiger partial charge is 0.425 e. The van der Waals surface area contributed by atoms with Crippen molar-refractivity contribution in [2.45, 2.75) is 44.4 Å². The summed E-state index contributed by atoms with van der Waals surface area (Å²) in [6, 6.07) is 10.7. The largest absolute Gasteiger partial charge is 0.494 e. The van der Waals surface area contributed by atoms with Crippen molar-refractivity contribution in [1.82, 2.24) is 0 Å². The van der Waals surface area contributed by atoms with Gasteiger partial charge in [0, 0.05) is 11.1 Å². The summed E-state index contributed by atoms with van der Waals surface area (Å²) >= 11 is 0. The molecule has 0 saturated carbocycles. The van der Waals surface area contributed by atoms with E-state index in [0.717, 1.165) is 25.7 Å². The Bertz CT molecular complexity index is 755. The molecule has 25 heavy (non-hydrogen) atoms. The summed E-state index contributed by atoms with van der Waals surface area (Å²) < 4.78 is 46.8. The second kappa shape index (κ2) is 6.71. The molecule has 1 N–H and O–H groups in total. The van der Waals surface area contributed by atoms with Gasteiger partial charge in [0.15, 0.2) is 0 Å². The first-order valence-corrected chi connectivity index (χ1v) is 8.56. The van der Waals surface area contributed by atoms with Crippen LogP contribution in [0.1, 0.15) is 43.7 Å². The Labute approximate surface area is 145 Å². The number of fused-ring (bicyclic) bond motifs is 3. The summed E-state index contributed by atoms with van der Waals surface area (Å²) in [5, 5.41) is 10.6. The maximum atomic E-state index is 13.7. The topological polar surface area (TPSA) is 29.5 Å². The standard InChI is InChI=1S/C20H21F3O2/c1-2-3-4-7-12-25-14-10-11-16-15-8-5-6-9-17(15)19(24,18(16)13-14)20(21,22)23/h5-6,8-11,13,24H,2-4,7,12H2,1H3. The van der Waals surface area contributed by atoms with E-state index in [1.165, 1.54) is 18.2 Å². The Morgan fingerprint density at radius 3 is 2.40 bits per heavy atom. The number of halogens is 3. The number of alkyl halides is 3. The van der Waals surface area contributed by atoms with Gasteiger partial charge in [-0.05, 0) is 29.7 Å². The number of benzene rings is 2. The van der Waals surface area contributed by atoms with Crippen LogP contribution in [0.3, 0.4) is 0 Å². The van der Waals surface area contributed by atoms with Crippen LogP contribution in [-0.2, 0) is 5.60 Å². The van der Waals surface area contributed by atoms with Crippen molar-refractivity contribution in [2.24, 2.45) is 0 Å². The number of rotatable bonds is 6. The summed E-state index contributed by atoms with van der Waals surface area (Å²) in [4.78, 5) is 0. The summed E-state index contributed by atoms with van der Waals surface area (Å²) in [6.45, 7) is 2.56. The molecular weight excluding hydrogens is 329 g/mol. The van der Waals surface area contributed by atoms with Crippen molar-refractivity contribution in [3.63, 3.8) is 0 Å². The van der Waals surface area contributed by atoms with Gasteiger partial charge in [0.1, 0.15) is 5.75 Å². The highest BCUT2D eigenvalue weighted by Gasteiger charge is 2.60. The van der Waals surface area contributed by atoms with Crippen molar-refractivity contribution >= 4 is 0 Å². The van der Waals surface area contributed by atoms with Gasteiger partial charge in [-0.25, -0.2) is 0 Å². The maximum Gasteiger partial charge on any atom is 0.425 e. The minimum absolute atomic E-state index is 0.127. The monoisotopic (exact) mass is 350 g/mol. The summed E-state index contributed by atoms with van der Waals surface area (Å²) in [5.74, 6) is 0.353. The zero-order chi connectivity index (χ0) is 18.1. The van der Waals surface area contributed by atoms with Crippen LogP contribution in [0, 0.1) is 0 Å². The van der Waals surface area contributed by atoms with E-state index in [1.807, 2.05) is 0 Å². The van der Waals surface area contributed by atoms with Crippen LogP contribution in [0.2, 0.25) is 0 Å². The Morgan fingerprint density at radius 2 is 1.68 bits per heavy atom. The molecule has 0 aliphatic heterocycles. The van der Waals surface area contributed by atoms with Crippen LogP contribution in [0.25, 0.3) is 11.1 Å². The van der Waals surface area contributed by atoms with E-state index in [4.69, 9.17) is 4.74 Å². The third-order valence-corrected chi connectivity index (χ3v) is 4.66. The zero-order valence-electron chi connectivity index (χ0n) is 14.1. The number of unbranched alkanes of at least 4 members (excludes halogenated alkanes) is 3. The lowest BCUT2D eigenvalue weighted by Gasteiger charge is -2.28. The normalized spacial score (nSPS) is 18.8. The predicted octanol–water partition coefficient (Wildman–Crippen LogP) is 5.42. The van der Waals surface area contributed by atoms with Crippen LogP contribution in [0.4, 0.5) is 13.2 Å². The van der Waals surface area contributed by atoms with Gasteiger partial charge >= 0.3 is 6.18 Å². The lowest BCUT2D eigenvalue weighted by Crippen LogP contribution is -2.41. The molecule has 0 amide bonds. The number of hydrogen-bond donors (Lipinski definition) is 1. The van der Waals surface area contributed by atoms with Gasteiger partial charge in [0.2, 0.25) is 5.60 Å². The first-order valence-electron chi connectivity index (χ1n) is 8.56. The molecule has 0 aromatic heterocycles. The fraction of sp³-hybridized carbons (Fsp3) is 0.400. The van der Waals surface area contributed by atoms with E-state index in [0.29, 0.717) is 23.5 Å². The molecule has 1 aliphatic rings. The average Bonchev–Trinajstić information content (AvgIpc) is 2.85. The molecular formula is C20H21F3O2. The third-order valence-electron chi connectivity index (χ3n) is 4.66. The van der Waals surface area contributed by atoms with E-state index in [1.54, 1.807) is 24.3 Å². The van der Waals surface area contributed by atoms with Crippen LogP contribution in [0.5, 0.6) is 5.75 Å². The highest BCUT2D eigenvalue weighted by molar-refractivity contribution is 5.81. The SMILES string of the molecule is CCCCCCOc1ccc2c(c1)C(O)(C(F)(F)F)c1ccccc1-2. The number of ether oxygens (including phenoxy) is 1. The Hall–Kier alpha value is -2.01. The third kappa shape index (κ3) is 3.01. The zero-order valence-corrected chi connectivity index (χ0v) is 14.1. The molecule has 2 aromatic rings. The van der Waals surface area contributed by atoms with Crippen molar-refractivity contribution in [3.8, 4) is 16.9 Å². The van der Waals surface area contributed by atoms with Gasteiger partial charge in [-0.1, -0.05) is 56.5 Å². The molecule has 2 nitrogen and oxygen atoms in total. The van der Waals surface area contributed by atoms with Crippen LogP contribution >= 0.6 is 0 Å². The molecule has 0 heterocycles. The van der Waals surface area contributed by atoms with Gasteiger partial charge in [-0.3, -0.25) is 0 Å². The quantitative estimate of drug-likeness (QED) is 0.705. The van der Waals surface area contributed by atoms with E-state index < -0.39 is 11.8 Å². The second-order valence-electron chi connectivity index (χ2n) is 6.37. The second-order valence-corrected chi connectivity index (χ2v) is 6.37. The van der Waals surface area contributed by atoms with Crippen molar-refractivity contribution in [1.29, 1.82) is 0 Å². The van der Waals surface area contributed by atoms with E-state index in [9.17, 15) is 18.3 Å². The van der Waals surface area contributed by atoms with Crippen LogP contribution in [0.15, 0.2) is 42.5 Å². The average molecular weight is 350 g/mol. The molecule has 0 radical (unpaired) electrons. The lowest BCUT2D eigenvalue weighted by molar-refractivity contribution is -0.246. The minimum atomic E-state index is -4.81. The summed E-state index contributed by atoms with van der Waals surface area (Å²) in [6.07, 6.45) is -0.714. The molecule has 0 saturated heterocycles. The highest BCUT2D eigenvalue weighted by Crippen LogP contribution is 2.55. The number of aliphatic hydroxyl groups is 1.